The number of aromatic nitrogens is 1. The molecule has 5 N–H and O–H groups in total. The van der Waals surface area contributed by atoms with Gasteiger partial charge in [-0.3, -0.25) is 9.59 Å². The van der Waals surface area contributed by atoms with Crippen molar-refractivity contribution < 1.29 is 29.0 Å². The van der Waals surface area contributed by atoms with Gasteiger partial charge in [-0.2, -0.15) is 11.8 Å². The van der Waals surface area contributed by atoms with Gasteiger partial charge in [-0.15, -0.1) is 0 Å². The summed E-state index contributed by atoms with van der Waals surface area (Å²) in [5.74, 6) is -1.24. The summed E-state index contributed by atoms with van der Waals surface area (Å²) in [5.41, 5.74) is 0.847. The molecule has 2 fully saturated rings. The number of aromatic carboxylic acids is 1. The van der Waals surface area contributed by atoms with Crippen LogP contribution in [0.2, 0.25) is 0 Å². The van der Waals surface area contributed by atoms with E-state index < -0.39 is 17.1 Å². The molecule has 5 rings (SSSR count). The molecule has 0 aromatic heterocycles. The van der Waals surface area contributed by atoms with Gasteiger partial charge in [0.15, 0.2) is 11.3 Å². The highest BCUT2D eigenvalue weighted by Gasteiger charge is 2.46. The molecular formula is C32H42N6O7S. The number of hydrogen-bond donors (Lipinski definition) is 5. The largest absolute Gasteiger partial charge is 0.501 e. The molecular weight excluding hydrogens is 612 g/mol. The first-order valence-corrected chi connectivity index (χ1v) is 16.8. The number of carboxylic acid groups (broad SMARTS) is 1. The molecule has 3 amide bonds. The molecule has 3 aliphatic heterocycles. The number of carboxylic acids is 1. The molecule has 13 nitrogen and oxygen atoms in total. The number of amides is 3. The van der Waals surface area contributed by atoms with Gasteiger partial charge in [0.2, 0.25) is 17.1 Å². The molecule has 3 heterocycles. The lowest BCUT2D eigenvalue weighted by Crippen LogP contribution is -2.37. The van der Waals surface area contributed by atoms with Crippen LogP contribution in [0.4, 0.5) is 16.2 Å². The zero-order valence-corrected chi connectivity index (χ0v) is 27.2. The Morgan fingerprint density at radius 3 is 2.63 bits per heavy atom. The van der Waals surface area contributed by atoms with Crippen molar-refractivity contribution >= 4 is 52.1 Å². The second-order valence-corrected chi connectivity index (χ2v) is 13.4. The van der Waals surface area contributed by atoms with Crippen molar-refractivity contribution in [3.8, 4) is 17.2 Å². The minimum atomic E-state index is -1.34. The molecule has 46 heavy (non-hydrogen) atoms. The number of unbranched alkanes of at least 4 members (excludes halogenated alkanes) is 4. The number of carbonyl (C=O) groups excluding carboxylic acids is 2. The average Bonchev–Trinajstić information content (AvgIpc) is 3.55. The zero-order valence-electron chi connectivity index (χ0n) is 26.4. The molecule has 3 atom stereocenters. The summed E-state index contributed by atoms with van der Waals surface area (Å²) in [7, 11) is 5.61. The third kappa shape index (κ3) is 7.11. The fourth-order valence-electron chi connectivity index (χ4n) is 6.14. The number of carbonyl (C=O) groups is 3. The number of benzene rings is 2. The van der Waals surface area contributed by atoms with E-state index in [-0.39, 0.29) is 41.0 Å². The number of likely N-dealkylation sites (N-methyl/N-ethyl adjacent to an activating group) is 1. The summed E-state index contributed by atoms with van der Waals surface area (Å²) < 4.78 is 5.97. The number of rotatable bonds is 15. The van der Waals surface area contributed by atoms with Crippen molar-refractivity contribution in [2.45, 2.75) is 68.7 Å². The SMILES string of the molecule is CN(C)c1ccc2nc3c(C(=O)O)cc(=O)c(O)c-3oc2c1NCCCCCCNC(=O)CCCC[C@H]1SCC2[C@H]1NC(=O)N2C. The first-order chi connectivity index (χ1) is 22.1. The Morgan fingerprint density at radius 2 is 1.89 bits per heavy atom. The van der Waals surface area contributed by atoms with Gasteiger partial charge < -0.3 is 40.4 Å². The Kier molecular flexibility index (Phi) is 10.4. The molecule has 0 bridgehead atoms. The fourth-order valence-corrected chi connectivity index (χ4v) is 7.81. The van der Waals surface area contributed by atoms with E-state index in [4.69, 9.17) is 4.42 Å². The molecule has 0 spiro atoms. The van der Waals surface area contributed by atoms with Crippen molar-refractivity contribution in [1.82, 2.24) is 20.5 Å². The second-order valence-electron chi connectivity index (χ2n) is 12.1. The molecule has 1 aromatic carbocycles. The van der Waals surface area contributed by atoms with Crippen LogP contribution in [0.3, 0.4) is 0 Å². The number of thioether (sulfide) groups is 1. The maximum Gasteiger partial charge on any atom is 0.338 e. The molecule has 0 saturated carbocycles. The van der Waals surface area contributed by atoms with Gasteiger partial charge in [-0.05, 0) is 37.8 Å². The molecule has 1 unspecified atom stereocenters. The van der Waals surface area contributed by atoms with Crippen LogP contribution in [0.25, 0.3) is 22.6 Å². The van der Waals surface area contributed by atoms with Crippen LogP contribution in [0.1, 0.15) is 61.7 Å². The first kappa shape index (κ1) is 33.2. The fraction of sp³-hybridized carbons (Fsp3) is 0.531. The summed E-state index contributed by atoms with van der Waals surface area (Å²) in [6, 6.07) is 4.92. The van der Waals surface area contributed by atoms with E-state index in [1.54, 1.807) is 6.07 Å². The predicted molar refractivity (Wildman–Crippen MR) is 178 cm³/mol. The van der Waals surface area contributed by atoms with Crippen molar-refractivity contribution in [1.29, 1.82) is 0 Å². The average molecular weight is 655 g/mol. The smallest absolute Gasteiger partial charge is 0.338 e. The molecule has 1 aliphatic carbocycles. The molecule has 0 radical (unpaired) electrons. The first-order valence-electron chi connectivity index (χ1n) is 15.8. The van der Waals surface area contributed by atoms with E-state index in [9.17, 15) is 29.4 Å². The summed E-state index contributed by atoms with van der Waals surface area (Å²) >= 11 is 1.92. The van der Waals surface area contributed by atoms with Crippen LogP contribution in [0.5, 0.6) is 5.75 Å². The molecule has 2 saturated heterocycles. The normalized spacial score (nSPS) is 19.0. The number of urea groups is 1. The van der Waals surface area contributed by atoms with Crippen LogP contribution < -0.4 is 26.3 Å². The minimum Gasteiger partial charge on any atom is -0.501 e. The van der Waals surface area contributed by atoms with Crippen LogP contribution in [0, 0.1) is 0 Å². The number of nitrogens with zero attached hydrogens (tertiary/aromatic N) is 3. The Bertz CT molecular complexity index is 1630. The van der Waals surface area contributed by atoms with E-state index >= 15 is 0 Å². The number of fused-ring (bicyclic) bond motifs is 3. The van der Waals surface area contributed by atoms with E-state index in [1.807, 2.05) is 48.8 Å². The highest BCUT2D eigenvalue weighted by atomic mass is 32.2. The number of aromatic hydroxyl groups is 1. The lowest BCUT2D eigenvalue weighted by atomic mass is 10.0. The highest BCUT2D eigenvalue weighted by Crippen LogP contribution is 2.39. The van der Waals surface area contributed by atoms with Gasteiger partial charge in [0, 0.05) is 57.7 Å². The third-order valence-electron chi connectivity index (χ3n) is 8.73. The Hall–Kier alpha value is -4.20. The number of phenolic OH excluding ortho intramolecular Hbond substituents is 1. The number of phenols is 1. The van der Waals surface area contributed by atoms with Crippen LogP contribution in [0.15, 0.2) is 27.4 Å². The molecule has 1 aromatic rings. The standard InChI is InChI=1S/C32H42N6O7S/c1-37(2)20-13-12-19-29(45-30-25(35-19)18(31(42)43)16-22(39)28(30)41)27(20)34-15-9-5-4-8-14-33-24(40)11-7-6-10-23-26-21(17-46-23)38(3)32(44)36-26/h12-13,16,21,23,26,34,41H,4-11,14-15,17H2,1-3H3,(H,33,40)(H,36,44)(H,42,43)/t21?,23-,26-/m1/s1. The maximum atomic E-state index is 12.3. The lowest BCUT2D eigenvalue weighted by molar-refractivity contribution is -0.121. The topological polar surface area (TPSA) is 177 Å². The van der Waals surface area contributed by atoms with Crippen molar-refractivity contribution in [3.63, 3.8) is 0 Å². The summed E-state index contributed by atoms with van der Waals surface area (Å²) in [6.45, 7) is 1.26. The molecule has 14 heteroatoms. The Labute approximate surface area is 271 Å². The summed E-state index contributed by atoms with van der Waals surface area (Å²) in [4.78, 5) is 56.2. The molecule has 4 aliphatic rings. The second kappa shape index (κ2) is 14.5. The molecule has 248 valence electrons. The summed E-state index contributed by atoms with van der Waals surface area (Å²) in [6.07, 6.45) is 6.97. The number of anilines is 2. The van der Waals surface area contributed by atoms with Crippen LogP contribution in [-0.2, 0) is 4.79 Å². The predicted octanol–water partition coefficient (Wildman–Crippen LogP) is 3.92. The summed E-state index contributed by atoms with van der Waals surface area (Å²) in [5, 5.41) is 29.9. The van der Waals surface area contributed by atoms with Gasteiger partial charge in [0.25, 0.3) is 0 Å². The quantitative estimate of drug-likeness (QED) is 0.0912. The van der Waals surface area contributed by atoms with Gasteiger partial charge in [-0.1, -0.05) is 19.3 Å². The van der Waals surface area contributed by atoms with Crippen LogP contribution in [-0.4, -0.2) is 95.3 Å². The van der Waals surface area contributed by atoms with E-state index in [0.717, 1.165) is 62.5 Å². The maximum absolute atomic E-state index is 12.3. The highest BCUT2D eigenvalue weighted by molar-refractivity contribution is 8.00. The van der Waals surface area contributed by atoms with Crippen LogP contribution >= 0.6 is 11.8 Å². The van der Waals surface area contributed by atoms with Crippen molar-refractivity contribution in [2.75, 3.05) is 50.2 Å². The number of hydrogen-bond acceptors (Lipinski definition) is 10. The van der Waals surface area contributed by atoms with Crippen molar-refractivity contribution in [2.24, 2.45) is 0 Å². The van der Waals surface area contributed by atoms with E-state index in [0.29, 0.717) is 41.5 Å². The van der Waals surface area contributed by atoms with E-state index in [1.165, 1.54) is 0 Å². The number of nitrogens with one attached hydrogen (secondary N) is 3. The van der Waals surface area contributed by atoms with Gasteiger partial charge in [0.05, 0.1) is 23.3 Å². The van der Waals surface area contributed by atoms with Gasteiger partial charge >= 0.3 is 12.0 Å². The van der Waals surface area contributed by atoms with E-state index in [2.05, 4.69) is 20.9 Å². The van der Waals surface area contributed by atoms with Gasteiger partial charge in [-0.25, -0.2) is 14.6 Å². The zero-order chi connectivity index (χ0) is 33.0. The lowest BCUT2D eigenvalue weighted by Gasteiger charge is -2.20. The third-order valence-corrected chi connectivity index (χ3v) is 10.2. The van der Waals surface area contributed by atoms with Gasteiger partial charge in [0.1, 0.15) is 16.9 Å². The Balaban J connectivity index is 1.05. The Morgan fingerprint density at radius 1 is 1.13 bits per heavy atom. The monoisotopic (exact) mass is 654 g/mol. The minimum absolute atomic E-state index is 0.0168. The van der Waals surface area contributed by atoms with Crippen molar-refractivity contribution in [3.05, 3.63) is 34.0 Å².